The van der Waals surface area contributed by atoms with Crippen molar-refractivity contribution in [3.8, 4) is 11.5 Å². The molecule has 2 N–H and O–H groups in total. The number of carbonyl (C=O) groups is 1. The molecular formula is C31H38N2O4. The summed E-state index contributed by atoms with van der Waals surface area (Å²) in [6.07, 6.45) is 6.33. The second kappa shape index (κ2) is 8.21. The molecule has 2 aliphatic heterocycles. The fourth-order valence-electron chi connectivity index (χ4n) is 8.28. The number of benzene rings is 2. The molecule has 0 radical (unpaired) electrons. The Morgan fingerprint density at radius 3 is 2.86 bits per heavy atom. The second-order valence-electron chi connectivity index (χ2n) is 12.4. The third kappa shape index (κ3) is 3.41. The molecule has 2 aromatic rings. The Balaban J connectivity index is 1.20. The lowest BCUT2D eigenvalue weighted by atomic mass is 9.48. The fourth-order valence-corrected chi connectivity index (χ4v) is 8.28. The molecule has 37 heavy (non-hydrogen) atoms. The number of aryl methyl sites for hydroxylation is 2. The number of likely N-dealkylation sites (tertiary alicyclic amines) is 1. The molecule has 0 aromatic heterocycles. The van der Waals surface area contributed by atoms with Crippen LogP contribution in [0.25, 0.3) is 0 Å². The van der Waals surface area contributed by atoms with Gasteiger partial charge in [0.15, 0.2) is 11.5 Å². The van der Waals surface area contributed by atoms with Crippen LogP contribution < -0.4 is 4.74 Å². The summed E-state index contributed by atoms with van der Waals surface area (Å²) < 4.78 is 6.54. The van der Waals surface area contributed by atoms with Gasteiger partial charge in [-0.15, -0.1) is 0 Å². The molecule has 1 saturated heterocycles. The molecule has 2 bridgehead atoms. The van der Waals surface area contributed by atoms with Crippen LogP contribution in [0.4, 0.5) is 0 Å². The lowest BCUT2D eigenvalue weighted by Gasteiger charge is -2.64. The fraction of sp³-hybridized carbons (Fsp3) is 0.581. The number of aromatic hydroxyl groups is 1. The van der Waals surface area contributed by atoms with Gasteiger partial charge in [0.1, 0.15) is 6.10 Å². The minimum atomic E-state index is -0.995. The van der Waals surface area contributed by atoms with E-state index in [0.717, 1.165) is 37.4 Å². The van der Waals surface area contributed by atoms with Gasteiger partial charge in [0.05, 0.1) is 11.0 Å². The maximum absolute atomic E-state index is 13.4. The summed E-state index contributed by atoms with van der Waals surface area (Å²) in [6.45, 7) is 4.07. The molecular weight excluding hydrogens is 464 g/mol. The molecule has 2 aromatic carbocycles. The first-order valence-corrected chi connectivity index (χ1v) is 14.1. The van der Waals surface area contributed by atoms with Gasteiger partial charge >= 0.3 is 0 Å². The number of aliphatic hydroxyl groups is 1. The molecule has 2 unspecified atom stereocenters. The van der Waals surface area contributed by atoms with Crippen molar-refractivity contribution in [2.45, 2.75) is 87.5 Å². The van der Waals surface area contributed by atoms with Gasteiger partial charge in [-0.05, 0) is 75.1 Å². The summed E-state index contributed by atoms with van der Waals surface area (Å²) in [5.74, 6) is 1.60. The van der Waals surface area contributed by atoms with Gasteiger partial charge in [0, 0.05) is 44.1 Å². The zero-order valence-electron chi connectivity index (χ0n) is 21.9. The molecule has 5 aliphatic rings. The van der Waals surface area contributed by atoms with Gasteiger partial charge in [0.25, 0.3) is 0 Å². The number of nitrogens with zero attached hydrogens (tertiary/aromatic N) is 2. The van der Waals surface area contributed by atoms with Crippen LogP contribution in [-0.4, -0.2) is 69.8 Å². The highest BCUT2D eigenvalue weighted by Crippen LogP contribution is 2.65. The number of hydrogen-bond donors (Lipinski definition) is 2. The maximum Gasteiger partial charge on any atom is 0.222 e. The Kier molecular flexibility index (Phi) is 5.22. The van der Waals surface area contributed by atoms with Crippen LogP contribution in [0.15, 0.2) is 36.4 Å². The van der Waals surface area contributed by atoms with Crippen LogP contribution in [-0.2, 0) is 23.1 Å². The first-order valence-electron chi connectivity index (χ1n) is 14.1. The van der Waals surface area contributed by atoms with Crippen molar-refractivity contribution in [3.05, 3.63) is 58.7 Å². The van der Waals surface area contributed by atoms with Crippen LogP contribution in [0, 0.1) is 12.8 Å². The molecule has 1 spiro atoms. The standard InChI is InChI=1S/C31H38N2O4/c1-19-4-3-5-20(14-19)8-11-27(35)32(2)23-16-26-30-12-13-33(18-21-6-7-21)25(31(30,36)17-23)15-22-9-10-24(34)29(37-26)28(22)30/h3-5,9-10,14,21,23,25-26,34,36H,6-8,11-13,15-18H2,1-2H3/t23?,25-,26?,30-,31-/m1/s1. The zero-order chi connectivity index (χ0) is 25.5. The number of carbonyl (C=O) groups excluding carboxylic acids is 1. The van der Waals surface area contributed by atoms with Crippen molar-refractivity contribution in [2.24, 2.45) is 5.92 Å². The number of amides is 1. The van der Waals surface area contributed by atoms with E-state index in [4.69, 9.17) is 4.74 Å². The Morgan fingerprint density at radius 2 is 2.08 bits per heavy atom. The Labute approximate surface area is 219 Å². The number of rotatable bonds is 6. The smallest absolute Gasteiger partial charge is 0.222 e. The first kappa shape index (κ1) is 23.5. The molecule has 6 heteroatoms. The molecule has 5 atom stereocenters. The van der Waals surface area contributed by atoms with Gasteiger partial charge in [-0.1, -0.05) is 35.9 Å². The van der Waals surface area contributed by atoms with E-state index >= 15 is 0 Å². The Bertz CT molecular complexity index is 1260. The van der Waals surface area contributed by atoms with Crippen LogP contribution >= 0.6 is 0 Å². The van der Waals surface area contributed by atoms with Crippen molar-refractivity contribution < 1.29 is 19.7 Å². The van der Waals surface area contributed by atoms with E-state index in [1.165, 1.54) is 29.5 Å². The highest BCUT2D eigenvalue weighted by atomic mass is 16.5. The lowest BCUT2D eigenvalue weighted by molar-refractivity contribution is -0.199. The summed E-state index contributed by atoms with van der Waals surface area (Å²) >= 11 is 0. The minimum absolute atomic E-state index is 0.00883. The maximum atomic E-state index is 13.4. The van der Waals surface area contributed by atoms with Gasteiger partial charge in [-0.2, -0.15) is 0 Å². The SMILES string of the molecule is Cc1cccc(CCC(=O)N(C)C2CC3Oc4c(O)ccc5c4[C@@]34CCN(CC3CC3)[C@H](C5)[C@]4(O)C2)c1. The molecule has 6 nitrogen and oxygen atoms in total. The second-order valence-corrected chi connectivity index (χ2v) is 12.4. The van der Waals surface area contributed by atoms with E-state index in [1.807, 2.05) is 24.1 Å². The van der Waals surface area contributed by atoms with Crippen molar-refractivity contribution >= 4 is 5.91 Å². The van der Waals surface area contributed by atoms with Gasteiger partial charge < -0.3 is 19.8 Å². The van der Waals surface area contributed by atoms with Gasteiger partial charge in [-0.25, -0.2) is 0 Å². The topological polar surface area (TPSA) is 73.2 Å². The normalized spacial score (nSPS) is 33.5. The third-order valence-corrected chi connectivity index (χ3v) is 10.3. The van der Waals surface area contributed by atoms with Crippen LogP contribution in [0.3, 0.4) is 0 Å². The molecule has 2 saturated carbocycles. The lowest BCUT2D eigenvalue weighted by Crippen LogP contribution is -2.77. The summed E-state index contributed by atoms with van der Waals surface area (Å²) in [7, 11) is 1.90. The van der Waals surface area contributed by atoms with E-state index in [9.17, 15) is 15.0 Å². The monoisotopic (exact) mass is 502 g/mol. The number of hydrogen-bond acceptors (Lipinski definition) is 5. The van der Waals surface area contributed by atoms with Crippen molar-refractivity contribution in [2.75, 3.05) is 20.1 Å². The van der Waals surface area contributed by atoms with Gasteiger partial charge in [-0.3, -0.25) is 9.69 Å². The van der Waals surface area contributed by atoms with E-state index in [2.05, 4.69) is 30.0 Å². The quantitative estimate of drug-likeness (QED) is 0.630. The van der Waals surface area contributed by atoms with E-state index in [0.29, 0.717) is 31.4 Å². The highest BCUT2D eigenvalue weighted by molar-refractivity contribution is 5.76. The van der Waals surface area contributed by atoms with Crippen LogP contribution in [0.2, 0.25) is 0 Å². The molecule has 196 valence electrons. The predicted molar refractivity (Wildman–Crippen MR) is 141 cm³/mol. The summed E-state index contributed by atoms with van der Waals surface area (Å²) in [5.41, 5.74) is 3.14. The molecule has 1 amide bonds. The Morgan fingerprint density at radius 1 is 1.24 bits per heavy atom. The average Bonchev–Trinajstić information content (AvgIpc) is 3.62. The van der Waals surface area contributed by atoms with Crippen molar-refractivity contribution in [3.63, 3.8) is 0 Å². The van der Waals surface area contributed by atoms with Crippen LogP contribution in [0.5, 0.6) is 11.5 Å². The zero-order valence-corrected chi connectivity index (χ0v) is 21.9. The number of ether oxygens (including phenoxy) is 1. The molecule has 3 aliphatic carbocycles. The largest absolute Gasteiger partial charge is 0.504 e. The third-order valence-electron chi connectivity index (χ3n) is 10.3. The number of phenols is 1. The molecule has 3 fully saturated rings. The Hall–Kier alpha value is -2.57. The highest BCUT2D eigenvalue weighted by Gasteiger charge is 2.72. The predicted octanol–water partition coefficient (Wildman–Crippen LogP) is 3.72. The van der Waals surface area contributed by atoms with Gasteiger partial charge in [0.2, 0.25) is 5.91 Å². The van der Waals surface area contributed by atoms with Crippen molar-refractivity contribution in [1.29, 1.82) is 0 Å². The van der Waals surface area contributed by atoms with Crippen LogP contribution in [0.1, 0.15) is 60.8 Å². The van der Waals surface area contributed by atoms with E-state index in [1.54, 1.807) is 6.07 Å². The average molecular weight is 503 g/mol. The van der Waals surface area contributed by atoms with E-state index < -0.39 is 11.0 Å². The number of phenolic OH excluding ortho intramolecular Hbond substituents is 1. The number of piperidine rings is 1. The summed E-state index contributed by atoms with van der Waals surface area (Å²) in [4.78, 5) is 17.8. The summed E-state index contributed by atoms with van der Waals surface area (Å²) in [6, 6.07) is 12.1. The molecule has 2 heterocycles. The van der Waals surface area contributed by atoms with E-state index in [-0.39, 0.29) is 29.8 Å². The molecule has 7 rings (SSSR count). The first-order chi connectivity index (χ1) is 17.8. The van der Waals surface area contributed by atoms with Crippen molar-refractivity contribution in [1.82, 2.24) is 9.80 Å². The summed E-state index contributed by atoms with van der Waals surface area (Å²) in [5, 5.41) is 23.6. The minimum Gasteiger partial charge on any atom is -0.504 e.